The van der Waals surface area contributed by atoms with E-state index in [-0.39, 0.29) is 5.91 Å². The van der Waals surface area contributed by atoms with Gasteiger partial charge in [-0.25, -0.2) is 0 Å². The number of hydrogen-bond acceptors (Lipinski definition) is 2. The molecule has 0 atom stereocenters. The van der Waals surface area contributed by atoms with E-state index in [1.807, 2.05) is 24.0 Å². The van der Waals surface area contributed by atoms with E-state index in [0.717, 1.165) is 42.8 Å². The van der Waals surface area contributed by atoms with Crippen LogP contribution in [0.1, 0.15) is 24.0 Å². The van der Waals surface area contributed by atoms with Gasteiger partial charge in [0.1, 0.15) is 5.75 Å². The summed E-state index contributed by atoms with van der Waals surface area (Å²) < 4.78 is 5.32. The number of aryl methyl sites for hydroxylation is 1. The second-order valence-electron chi connectivity index (χ2n) is 4.68. The molecule has 0 N–H and O–H groups in total. The predicted molar refractivity (Wildman–Crippen MR) is 72.3 cm³/mol. The number of halogens is 1. The van der Waals surface area contributed by atoms with Crippen LogP contribution in [-0.2, 0) is 11.2 Å². The van der Waals surface area contributed by atoms with Gasteiger partial charge in [0.15, 0.2) is 0 Å². The lowest BCUT2D eigenvalue weighted by molar-refractivity contribution is -0.129. The maximum absolute atomic E-state index is 12.1. The molecule has 1 amide bonds. The van der Waals surface area contributed by atoms with Crippen molar-refractivity contribution in [2.24, 2.45) is 0 Å². The summed E-state index contributed by atoms with van der Waals surface area (Å²) in [5, 5.41) is 0.681. The lowest BCUT2D eigenvalue weighted by Gasteiger charge is -2.17. The molecule has 0 aromatic heterocycles. The summed E-state index contributed by atoms with van der Waals surface area (Å²) in [7, 11) is 1.62. The number of carbonyl (C=O) groups excluding carboxylic acids is 1. The number of rotatable bonds is 3. The first-order chi connectivity index (χ1) is 8.61. The Bertz CT molecular complexity index is 453. The van der Waals surface area contributed by atoms with Crippen LogP contribution >= 0.6 is 11.6 Å². The minimum absolute atomic E-state index is 0.158. The minimum Gasteiger partial charge on any atom is -0.496 e. The Hall–Kier alpha value is -1.22. The van der Waals surface area contributed by atoms with Gasteiger partial charge in [-0.1, -0.05) is 11.6 Å². The zero-order valence-electron chi connectivity index (χ0n) is 10.8. The maximum Gasteiger partial charge on any atom is 0.227 e. The fourth-order valence-electron chi connectivity index (χ4n) is 2.27. The first kappa shape index (κ1) is 13.2. The van der Waals surface area contributed by atoms with Gasteiger partial charge < -0.3 is 9.64 Å². The molecule has 0 spiro atoms. The number of carbonyl (C=O) groups is 1. The molecule has 1 fully saturated rings. The number of likely N-dealkylation sites (tertiary alicyclic amines) is 1. The number of benzene rings is 1. The molecular weight excluding hydrogens is 250 g/mol. The van der Waals surface area contributed by atoms with Crippen LogP contribution in [0, 0.1) is 6.92 Å². The molecule has 0 aliphatic carbocycles. The predicted octanol–water partition coefficient (Wildman–Crippen LogP) is 2.82. The summed E-state index contributed by atoms with van der Waals surface area (Å²) in [5.74, 6) is 0.898. The van der Waals surface area contributed by atoms with Crippen molar-refractivity contribution in [3.8, 4) is 5.75 Å². The molecule has 1 aromatic carbocycles. The first-order valence-electron chi connectivity index (χ1n) is 6.22. The number of ether oxygens (including phenoxy) is 1. The van der Waals surface area contributed by atoms with E-state index in [4.69, 9.17) is 16.3 Å². The van der Waals surface area contributed by atoms with Crippen molar-refractivity contribution in [2.45, 2.75) is 26.2 Å². The van der Waals surface area contributed by atoms with Crippen molar-refractivity contribution < 1.29 is 9.53 Å². The fraction of sp³-hybridized carbons (Fsp3) is 0.500. The number of methoxy groups -OCH3 is 1. The molecule has 98 valence electrons. The van der Waals surface area contributed by atoms with Crippen LogP contribution in [0.5, 0.6) is 5.75 Å². The molecule has 1 aliphatic rings. The number of nitrogens with zero attached hydrogens (tertiary/aromatic N) is 1. The van der Waals surface area contributed by atoms with Crippen LogP contribution in [0.2, 0.25) is 5.02 Å². The quantitative estimate of drug-likeness (QED) is 0.843. The average Bonchev–Trinajstić information content (AvgIpc) is 2.87. The SMILES string of the molecule is COc1cc(C)c(Cl)cc1CC(=O)N1CCCC1. The minimum atomic E-state index is 0.158. The highest BCUT2D eigenvalue weighted by molar-refractivity contribution is 6.31. The fourth-order valence-corrected chi connectivity index (χ4v) is 2.45. The van der Waals surface area contributed by atoms with Crippen molar-refractivity contribution >= 4 is 17.5 Å². The third-order valence-corrected chi connectivity index (χ3v) is 3.77. The largest absolute Gasteiger partial charge is 0.496 e. The van der Waals surface area contributed by atoms with Gasteiger partial charge in [-0.05, 0) is 37.5 Å². The smallest absolute Gasteiger partial charge is 0.227 e. The van der Waals surface area contributed by atoms with Crippen LogP contribution in [-0.4, -0.2) is 31.0 Å². The summed E-state index contributed by atoms with van der Waals surface area (Å²) >= 11 is 6.11. The number of hydrogen-bond donors (Lipinski definition) is 0. The molecule has 0 unspecified atom stereocenters. The highest BCUT2D eigenvalue weighted by Crippen LogP contribution is 2.27. The molecular formula is C14H18ClNO2. The molecule has 2 rings (SSSR count). The highest BCUT2D eigenvalue weighted by atomic mass is 35.5. The lowest BCUT2D eigenvalue weighted by Crippen LogP contribution is -2.29. The zero-order chi connectivity index (χ0) is 13.1. The Kier molecular flexibility index (Phi) is 4.12. The van der Waals surface area contributed by atoms with Gasteiger partial charge in [0.05, 0.1) is 13.5 Å². The van der Waals surface area contributed by atoms with Crippen molar-refractivity contribution in [1.29, 1.82) is 0 Å². The van der Waals surface area contributed by atoms with Gasteiger partial charge in [0.25, 0.3) is 0 Å². The van der Waals surface area contributed by atoms with Crippen molar-refractivity contribution in [1.82, 2.24) is 4.90 Å². The molecule has 0 radical (unpaired) electrons. The molecule has 1 aromatic rings. The Morgan fingerprint density at radius 3 is 2.67 bits per heavy atom. The number of amides is 1. The summed E-state index contributed by atoms with van der Waals surface area (Å²) in [4.78, 5) is 14.0. The summed E-state index contributed by atoms with van der Waals surface area (Å²) in [6.07, 6.45) is 2.58. The second-order valence-corrected chi connectivity index (χ2v) is 5.09. The Morgan fingerprint density at radius 2 is 2.06 bits per heavy atom. The van der Waals surface area contributed by atoms with Crippen LogP contribution < -0.4 is 4.74 Å². The van der Waals surface area contributed by atoms with Gasteiger partial charge in [-0.2, -0.15) is 0 Å². The standard InChI is InChI=1S/C14H18ClNO2/c1-10-7-13(18-2)11(8-12(10)15)9-14(17)16-5-3-4-6-16/h7-8H,3-6,9H2,1-2H3. The molecule has 4 heteroatoms. The van der Waals surface area contributed by atoms with E-state index in [2.05, 4.69) is 0 Å². The van der Waals surface area contributed by atoms with Crippen molar-refractivity contribution in [3.05, 3.63) is 28.3 Å². The molecule has 0 saturated carbocycles. The van der Waals surface area contributed by atoms with E-state index < -0.39 is 0 Å². The Morgan fingerprint density at radius 1 is 1.39 bits per heavy atom. The van der Waals surface area contributed by atoms with Crippen LogP contribution in [0.4, 0.5) is 0 Å². The third kappa shape index (κ3) is 2.78. The van der Waals surface area contributed by atoms with Gasteiger partial charge in [0.2, 0.25) is 5.91 Å². The average molecular weight is 268 g/mol. The maximum atomic E-state index is 12.1. The third-order valence-electron chi connectivity index (χ3n) is 3.36. The van der Waals surface area contributed by atoms with Crippen molar-refractivity contribution in [2.75, 3.05) is 20.2 Å². The van der Waals surface area contributed by atoms with Crippen LogP contribution in [0.25, 0.3) is 0 Å². The monoisotopic (exact) mass is 267 g/mol. The van der Waals surface area contributed by atoms with Gasteiger partial charge >= 0.3 is 0 Å². The zero-order valence-corrected chi connectivity index (χ0v) is 11.6. The highest BCUT2D eigenvalue weighted by Gasteiger charge is 2.19. The molecule has 0 bridgehead atoms. The molecule has 1 aliphatic heterocycles. The Labute approximate surface area is 113 Å². The summed E-state index contributed by atoms with van der Waals surface area (Å²) in [6, 6.07) is 3.72. The second kappa shape index (κ2) is 5.61. The van der Waals surface area contributed by atoms with E-state index in [0.29, 0.717) is 11.4 Å². The summed E-state index contributed by atoms with van der Waals surface area (Å²) in [5.41, 5.74) is 1.83. The lowest BCUT2D eigenvalue weighted by atomic mass is 10.1. The van der Waals surface area contributed by atoms with Crippen LogP contribution in [0.3, 0.4) is 0 Å². The molecule has 18 heavy (non-hydrogen) atoms. The van der Waals surface area contributed by atoms with Gasteiger partial charge in [-0.3, -0.25) is 4.79 Å². The van der Waals surface area contributed by atoms with E-state index in [9.17, 15) is 4.79 Å². The molecule has 1 heterocycles. The topological polar surface area (TPSA) is 29.5 Å². The van der Waals surface area contributed by atoms with E-state index >= 15 is 0 Å². The summed E-state index contributed by atoms with van der Waals surface area (Å²) in [6.45, 7) is 3.68. The normalized spacial score (nSPS) is 14.9. The van der Waals surface area contributed by atoms with Gasteiger partial charge in [-0.15, -0.1) is 0 Å². The first-order valence-corrected chi connectivity index (χ1v) is 6.60. The Balaban J connectivity index is 2.17. The van der Waals surface area contributed by atoms with E-state index in [1.54, 1.807) is 7.11 Å². The van der Waals surface area contributed by atoms with E-state index in [1.165, 1.54) is 0 Å². The van der Waals surface area contributed by atoms with Crippen LogP contribution in [0.15, 0.2) is 12.1 Å². The molecule has 3 nitrogen and oxygen atoms in total. The molecule has 1 saturated heterocycles. The van der Waals surface area contributed by atoms with Gasteiger partial charge in [0, 0.05) is 23.7 Å². The van der Waals surface area contributed by atoms with Crippen molar-refractivity contribution in [3.63, 3.8) is 0 Å².